The fourth-order valence-electron chi connectivity index (χ4n) is 2.12. The SMILES string of the molecule is CCC(CCC(C)NC(=O)C(C)C(C)C)C(=O)NC(C)C. The second-order valence-electron chi connectivity index (χ2n) is 6.79. The van der Waals surface area contributed by atoms with Gasteiger partial charge in [0.1, 0.15) is 0 Å². The van der Waals surface area contributed by atoms with Crippen molar-refractivity contribution in [3.8, 4) is 0 Å². The third-order valence-electron chi connectivity index (χ3n) is 4.04. The average Bonchev–Trinajstić information content (AvgIpc) is 2.37. The first-order valence-electron chi connectivity index (χ1n) is 8.29. The van der Waals surface area contributed by atoms with Gasteiger partial charge in [-0.2, -0.15) is 0 Å². The summed E-state index contributed by atoms with van der Waals surface area (Å²) in [7, 11) is 0. The van der Waals surface area contributed by atoms with Crippen molar-refractivity contribution in [2.45, 2.75) is 79.8 Å². The molecular weight excluding hydrogens is 264 g/mol. The summed E-state index contributed by atoms with van der Waals surface area (Å²) in [6.07, 6.45) is 2.48. The standard InChI is InChI=1S/C17H34N2O2/c1-8-15(17(21)18-12(4)5)10-9-13(6)19-16(20)14(7)11(2)3/h11-15H,8-10H2,1-7H3,(H,18,21)(H,19,20). The lowest BCUT2D eigenvalue weighted by Crippen LogP contribution is -2.39. The molecule has 4 nitrogen and oxygen atoms in total. The largest absolute Gasteiger partial charge is 0.354 e. The highest BCUT2D eigenvalue weighted by molar-refractivity contribution is 5.79. The summed E-state index contributed by atoms with van der Waals surface area (Å²) in [5, 5.41) is 6.01. The van der Waals surface area contributed by atoms with Crippen LogP contribution >= 0.6 is 0 Å². The number of hydrogen-bond acceptors (Lipinski definition) is 2. The van der Waals surface area contributed by atoms with Crippen molar-refractivity contribution >= 4 is 11.8 Å². The van der Waals surface area contributed by atoms with E-state index < -0.39 is 0 Å². The van der Waals surface area contributed by atoms with Crippen LogP contribution < -0.4 is 10.6 Å². The van der Waals surface area contributed by atoms with Gasteiger partial charge in [0.2, 0.25) is 11.8 Å². The van der Waals surface area contributed by atoms with E-state index >= 15 is 0 Å². The zero-order chi connectivity index (χ0) is 16.6. The van der Waals surface area contributed by atoms with Crippen LogP contribution in [-0.4, -0.2) is 23.9 Å². The van der Waals surface area contributed by atoms with Gasteiger partial charge in [-0.05, 0) is 46.0 Å². The molecule has 124 valence electrons. The quantitative estimate of drug-likeness (QED) is 0.687. The van der Waals surface area contributed by atoms with Gasteiger partial charge >= 0.3 is 0 Å². The van der Waals surface area contributed by atoms with E-state index in [1.165, 1.54) is 0 Å². The highest BCUT2D eigenvalue weighted by Crippen LogP contribution is 2.15. The molecule has 21 heavy (non-hydrogen) atoms. The van der Waals surface area contributed by atoms with Crippen LogP contribution in [0, 0.1) is 17.8 Å². The van der Waals surface area contributed by atoms with Crippen LogP contribution in [-0.2, 0) is 9.59 Å². The molecule has 0 saturated heterocycles. The maximum atomic E-state index is 12.0. The first kappa shape index (κ1) is 19.9. The minimum absolute atomic E-state index is 0.0265. The Morgan fingerprint density at radius 3 is 1.86 bits per heavy atom. The number of amides is 2. The Morgan fingerprint density at radius 2 is 1.43 bits per heavy atom. The van der Waals surface area contributed by atoms with Crippen molar-refractivity contribution in [1.82, 2.24) is 10.6 Å². The van der Waals surface area contributed by atoms with Gasteiger partial charge in [-0.25, -0.2) is 0 Å². The minimum Gasteiger partial charge on any atom is -0.354 e. The fraction of sp³-hybridized carbons (Fsp3) is 0.882. The smallest absolute Gasteiger partial charge is 0.223 e. The van der Waals surface area contributed by atoms with Crippen molar-refractivity contribution in [2.24, 2.45) is 17.8 Å². The van der Waals surface area contributed by atoms with E-state index in [0.29, 0.717) is 5.92 Å². The first-order chi connectivity index (χ1) is 9.68. The Kier molecular flexibility index (Phi) is 9.31. The second kappa shape index (κ2) is 9.80. The van der Waals surface area contributed by atoms with Crippen molar-refractivity contribution in [3.05, 3.63) is 0 Å². The third-order valence-corrected chi connectivity index (χ3v) is 4.04. The monoisotopic (exact) mass is 298 g/mol. The Balaban J connectivity index is 4.24. The van der Waals surface area contributed by atoms with E-state index in [1.807, 2.05) is 34.6 Å². The van der Waals surface area contributed by atoms with Crippen LogP contribution in [0.1, 0.15) is 67.7 Å². The molecule has 2 N–H and O–H groups in total. The number of nitrogens with one attached hydrogen (secondary N) is 2. The lowest BCUT2D eigenvalue weighted by atomic mass is 9.95. The molecule has 4 heteroatoms. The zero-order valence-corrected chi connectivity index (χ0v) is 14.8. The van der Waals surface area contributed by atoms with Gasteiger partial charge in [0.25, 0.3) is 0 Å². The number of rotatable bonds is 9. The van der Waals surface area contributed by atoms with E-state index in [1.54, 1.807) is 0 Å². The molecule has 3 atom stereocenters. The van der Waals surface area contributed by atoms with Crippen LogP contribution in [0.25, 0.3) is 0 Å². The van der Waals surface area contributed by atoms with Gasteiger partial charge in [-0.3, -0.25) is 9.59 Å². The molecule has 0 aromatic heterocycles. The van der Waals surface area contributed by atoms with Gasteiger partial charge in [0.15, 0.2) is 0 Å². The lowest BCUT2D eigenvalue weighted by Gasteiger charge is -2.22. The Morgan fingerprint density at radius 1 is 0.857 bits per heavy atom. The summed E-state index contributed by atoms with van der Waals surface area (Å²) in [6.45, 7) is 14.1. The molecule has 0 rings (SSSR count). The molecule has 2 amide bonds. The predicted octanol–water partition coefficient (Wildman–Crippen LogP) is 3.11. The van der Waals surface area contributed by atoms with Gasteiger partial charge in [-0.15, -0.1) is 0 Å². The van der Waals surface area contributed by atoms with E-state index in [4.69, 9.17) is 0 Å². The highest BCUT2D eigenvalue weighted by atomic mass is 16.2. The van der Waals surface area contributed by atoms with E-state index in [9.17, 15) is 9.59 Å². The Bertz CT molecular complexity index is 327. The van der Waals surface area contributed by atoms with Crippen LogP contribution in [0.4, 0.5) is 0 Å². The van der Waals surface area contributed by atoms with Crippen molar-refractivity contribution in [3.63, 3.8) is 0 Å². The summed E-state index contributed by atoms with van der Waals surface area (Å²) >= 11 is 0. The molecule has 0 aliphatic carbocycles. The van der Waals surface area contributed by atoms with Crippen molar-refractivity contribution < 1.29 is 9.59 Å². The normalized spacial score (nSPS) is 15.7. The maximum Gasteiger partial charge on any atom is 0.223 e. The van der Waals surface area contributed by atoms with Crippen molar-refractivity contribution in [1.29, 1.82) is 0 Å². The Labute approximate surface area is 130 Å². The molecule has 0 heterocycles. The van der Waals surface area contributed by atoms with Crippen LogP contribution in [0.15, 0.2) is 0 Å². The highest BCUT2D eigenvalue weighted by Gasteiger charge is 2.21. The summed E-state index contributed by atoms with van der Waals surface area (Å²) < 4.78 is 0. The lowest BCUT2D eigenvalue weighted by molar-refractivity contribution is -0.126. The molecule has 0 radical (unpaired) electrons. The van der Waals surface area contributed by atoms with E-state index in [0.717, 1.165) is 19.3 Å². The topological polar surface area (TPSA) is 58.2 Å². The van der Waals surface area contributed by atoms with Gasteiger partial charge in [0, 0.05) is 23.9 Å². The molecule has 0 aliphatic heterocycles. The molecule has 0 fully saturated rings. The Hall–Kier alpha value is -1.06. The molecule has 0 aromatic rings. The van der Waals surface area contributed by atoms with E-state index in [-0.39, 0.29) is 35.7 Å². The summed E-state index contributed by atoms with van der Waals surface area (Å²) in [6, 6.07) is 0.287. The predicted molar refractivity (Wildman–Crippen MR) is 87.9 cm³/mol. The number of carbonyl (C=O) groups is 2. The van der Waals surface area contributed by atoms with Gasteiger partial charge in [-0.1, -0.05) is 27.7 Å². The van der Waals surface area contributed by atoms with Crippen LogP contribution in [0.2, 0.25) is 0 Å². The summed E-state index contributed by atoms with van der Waals surface area (Å²) in [5.41, 5.74) is 0. The van der Waals surface area contributed by atoms with Gasteiger partial charge in [0.05, 0.1) is 0 Å². The molecule has 0 spiro atoms. The average molecular weight is 298 g/mol. The first-order valence-corrected chi connectivity index (χ1v) is 8.29. The molecule has 0 aromatic carbocycles. The molecule has 3 unspecified atom stereocenters. The maximum absolute atomic E-state index is 12.0. The minimum atomic E-state index is 0.0265. The van der Waals surface area contributed by atoms with E-state index in [2.05, 4.69) is 24.5 Å². The van der Waals surface area contributed by atoms with Crippen LogP contribution in [0.3, 0.4) is 0 Å². The van der Waals surface area contributed by atoms with Crippen molar-refractivity contribution in [2.75, 3.05) is 0 Å². The second-order valence-corrected chi connectivity index (χ2v) is 6.79. The molecule has 0 saturated carbocycles. The molecule has 0 aliphatic rings. The third kappa shape index (κ3) is 8.08. The molecule has 0 bridgehead atoms. The fourth-order valence-corrected chi connectivity index (χ4v) is 2.12. The molecular formula is C17H34N2O2. The van der Waals surface area contributed by atoms with Crippen LogP contribution in [0.5, 0.6) is 0 Å². The zero-order valence-electron chi connectivity index (χ0n) is 14.8. The summed E-state index contributed by atoms with van der Waals surface area (Å²) in [5.74, 6) is 0.643. The van der Waals surface area contributed by atoms with Gasteiger partial charge < -0.3 is 10.6 Å². The summed E-state index contributed by atoms with van der Waals surface area (Å²) in [4.78, 5) is 24.0. The number of hydrogen-bond donors (Lipinski definition) is 2. The number of carbonyl (C=O) groups excluding carboxylic acids is 2.